The first-order chi connectivity index (χ1) is 15.0. The zero-order valence-corrected chi connectivity index (χ0v) is 18.7. The van der Waals surface area contributed by atoms with Crippen LogP contribution in [-0.2, 0) is 10.0 Å². The van der Waals surface area contributed by atoms with Gasteiger partial charge < -0.3 is 9.64 Å². The van der Waals surface area contributed by atoms with Crippen LogP contribution in [0.4, 0.5) is 5.82 Å². The second-order valence-electron chi connectivity index (χ2n) is 7.07. The van der Waals surface area contributed by atoms with Gasteiger partial charge in [0, 0.05) is 42.8 Å². The molecule has 1 fully saturated rings. The van der Waals surface area contributed by atoms with Gasteiger partial charge in [-0.3, -0.25) is 0 Å². The molecule has 0 radical (unpaired) electrons. The summed E-state index contributed by atoms with van der Waals surface area (Å²) in [5.41, 5.74) is 1.77. The second kappa shape index (κ2) is 9.21. The topological polar surface area (TPSA) is 75.6 Å². The molecule has 0 amide bonds. The molecule has 3 aromatic rings. The fraction of sp³-hybridized carbons (Fsp3) is 0.273. The van der Waals surface area contributed by atoms with Gasteiger partial charge in [-0.2, -0.15) is 4.31 Å². The van der Waals surface area contributed by atoms with E-state index in [4.69, 9.17) is 16.3 Å². The van der Waals surface area contributed by atoms with Gasteiger partial charge in [0.25, 0.3) is 0 Å². The van der Waals surface area contributed by atoms with Crippen LogP contribution in [0.1, 0.15) is 6.92 Å². The minimum Gasteiger partial charge on any atom is -0.494 e. The van der Waals surface area contributed by atoms with E-state index >= 15 is 0 Å². The number of piperazine rings is 1. The zero-order chi connectivity index (χ0) is 21.8. The lowest BCUT2D eigenvalue weighted by atomic mass is 10.1. The molecule has 31 heavy (non-hydrogen) atoms. The van der Waals surface area contributed by atoms with Gasteiger partial charge in [-0.25, -0.2) is 18.4 Å². The summed E-state index contributed by atoms with van der Waals surface area (Å²) in [6.07, 6.45) is 1.54. The van der Waals surface area contributed by atoms with Crippen molar-refractivity contribution in [1.29, 1.82) is 0 Å². The molecule has 7 nitrogen and oxygen atoms in total. The zero-order valence-electron chi connectivity index (χ0n) is 17.1. The Labute approximate surface area is 187 Å². The van der Waals surface area contributed by atoms with E-state index in [0.29, 0.717) is 37.8 Å². The third-order valence-electron chi connectivity index (χ3n) is 5.11. The number of halogens is 1. The Kier molecular flexibility index (Phi) is 6.41. The molecule has 9 heteroatoms. The van der Waals surface area contributed by atoms with Crippen molar-refractivity contribution in [2.45, 2.75) is 11.8 Å². The van der Waals surface area contributed by atoms with Crippen molar-refractivity contribution in [3.63, 3.8) is 0 Å². The molecule has 0 spiro atoms. The minimum absolute atomic E-state index is 0.216. The van der Waals surface area contributed by atoms with Crippen molar-refractivity contribution in [3.8, 4) is 17.0 Å². The Morgan fingerprint density at radius 2 is 1.74 bits per heavy atom. The number of rotatable bonds is 6. The smallest absolute Gasteiger partial charge is 0.243 e. The van der Waals surface area contributed by atoms with Gasteiger partial charge in [0.15, 0.2) is 0 Å². The molecule has 2 heterocycles. The number of ether oxygens (including phenoxy) is 1. The summed E-state index contributed by atoms with van der Waals surface area (Å²) in [5, 5.41) is 0.405. The molecule has 1 aromatic heterocycles. The van der Waals surface area contributed by atoms with Crippen molar-refractivity contribution in [3.05, 3.63) is 65.9 Å². The van der Waals surface area contributed by atoms with Crippen molar-refractivity contribution < 1.29 is 13.2 Å². The predicted molar refractivity (Wildman–Crippen MR) is 121 cm³/mol. The molecule has 2 aromatic carbocycles. The van der Waals surface area contributed by atoms with Gasteiger partial charge in [0.2, 0.25) is 10.0 Å². The fourth-order valence-electron chi connectivity index (χ4n) is 3.50. The summed E-state index contributed by atoms with van der Waals surface area (Å²) in [6, 6.07) is 16.1. The third-order valence-corrected chi connectivity index (χ3v) is 7.24. The van der Waals surface area contributed by atoms with E-state index in [0.717, 1.165) is 22.8 Å². The van der Waals surface area contributed by atoms with Gasteiger partial charge in [-0.15, -0.1) is 0 Å². The molecule has 162 valence electrons. The Balaban J connectivity index is 1.46. The Morgan fingerprint density at radius 1 is 1.00 bits per heavy atom. The lowest BCUT2D eigenvalue weighted by Gasteiger charge is -2.34. The molecule has 0 saturated carbocycles. The van der Waals surface area contributed by atoms with E-state index in [1.54, 1.807) is 18.2 Å². The third kappa shape index (κ3) is 4.81. The fourth-order valence-corrected chi connectivity index (χ4v) is 5.22. The number of hydrogen-bond acceptors (Lipinski definition) is 6. The van der Waals surface area contributed by atoms with E-state index in [-0.39, 0.29) is 4.90 Å². The summed E-state index contributed by atoms with van der Waals surface area (Å²) in [4.78, 5) is 11.1. The van der Waals surface area contributed by atoms with E-state index in [2.05, 4.69) is 14.9 Å². The molecule has 0 unspecified atom stereocenters. The van der Waals surface area contributed by atoms with E-state index < -0.39 is 10.0 Å². The van der Waals surface area contributed by atoms with Crippen LogP contribution in [0.2, 0.25) is 5.02 Å². The number of anilines is 1. The Hall–Kier alpha value is -2.68. The van der Waals surface area contributed by atoms with Crippen molar-refractivity contribution in [2.24, 2.45) is 0 Å². The molecule has 0 N–H and O–H groups in total. The van der Waals surface area contributed by atoms with Gasteiger partial charge in [0.1, 0.15) is 17.9 Å². The van der Waals surface area contributed by atoms with Crippen molar-refractivity contribution >= 4 is 27.4 Å². The lowest BCUT2D eigenvalue weighted by Crippen LogP contribution is -2.48. The number of hydrogen-bond donors (Lipinski definition) is 0. The molecular weight excluding hydrogens is 436 g/mol. The molecule has 1 saturated heterocycles. The van der Waals surface area contributed by atoms with Gasteiger partial charge >= 0.3 is 0 Å². The largest absolute Gasteiger partial charge is 0.494 e. The highest BCUT2D eigenvalue weighted by molar-refractivity contribution is 7.89. The average molecular weight is 459 g/mol. The van der Waals surface area contributed by atoms with Gasteiger partial charge in [-0.05, 0) is 49.4 Å². The van der Waals surface area contributed by atoms with Crippen LogP contribution in [0.15, 0.2) is 65.8 Å². The molecule has 1 aliphatic heterocycles. The average Bonchev–Trinajstić information content (AvgIpc) is 2.80. The predicted octanol–water partition coefficient (Wildman–Crippen LogP) is 3.71. The Bertz CT molecular complexity index is 1150. The van der Waals surface area contributed by atoms with E-state index in [9.17, 15) is 8.42 Å². The molecule has 1 aliphatic rings. The SMILES string of the molecule is CCOc1ccc(-c2cc(N3CCN(S(=O)(=O)c4cccc(Cl)c4)CC3)ncn2)cc1. The van der Waals surface area contributed by atoms with Gasteiger partial charge in [-0.1, -0.05) is 17.7 Å². The summed E-state index contributed by atoms with van der Waals surface area (Å²) >= 11 is 5.97. The van der Waals surface area contributed by atoms with E-state index in [1.807, 2.05) is 37.3 Å². The molecule has 0 bridgehead atoms. The molecule has 0 atom stereocenters. The van der Waals surface area contributed by atoms with Crippen LogP contribution in [0.25, 0.3) is 11.3 Å². The maximum absolute atomic E-state index is 12.9. The highest BCUT2D eigenvalue weighted by Gasteiger charge is 2.29. The number of sulfonamides is 1. The van der Waals surface area contributed by atoms with E-state index in [1.165, 1.54) is 16.7 Å². The normalized spacial score (nSPS) is 15.1. The summed E-state index contributed by atoms with van der Waals surface area (Å²) in [5.74, 6) is 1.59. The highest BCUT2D eigenvalue weighted by Crippen LogP contribution is 2.25. The number of benzene rings is 2. The lowest BCUT2D eigenvalue weighted by molar-refractivity contribution is 0.340. The van der Waals surface area contributed by atoms with Crippen molar-refractivity contribution in [1.82, 2.24) is 14.3 Å². The summed E-state index contributed by atoms with van der Waals surface area (Å²) in [6.45, 7) is 4.40. The van der Waals surface area contributed by atoms with Crippen molar-refractivity contribution in [2.75, 3.05) is 37.7 Å². The van der Waals surface area contributed by atoms with Gasteiger partial charge in [0.05, 0.1) is 17.2 Å². The van der Waals surface area contributed by atoms with Crippen LogP contribution in [0.5, 0.6) is 5.75 Å². The maximum atomic E-state index is 12.9. The maximum Gasteiger partial charge on any atom is 0.243 e. The number of aromatic nitrogens is 2. The molecule has 4 rings (SSSR count). The first-order valence-electron chi connectivity index (χ1n) is 10.0. The summed E-state index contributed by atoms with van der Waals surface area (Å²) < 4.78 is 32.8. The first kappa shape index (κ1) is 21.5. The highest BCUT2D eigenvalue weighted by atomic mass is 35.5. The van der Waals surface area contributed by atoms with Crippen LogP contribution >= 0.6 is 11.6 Å². The second-order valence-corrected chi connectivity index (χ2v) is 9.44. The molecular formula is C22H23ClN4O3S. The quantitative estimate of drug-likeness (QED) is 0.560. The summed E-state index contributed by atoms with van der Waals surface area (Å²) in [7, 11) is -3.57. The first-order valence-corrected chi connectivity index (χ1v) is 11.8. The standard InChI is InChI=1S/C22H23ClN4O3S/c1-2-30-19-8-6-17(7-9-19)21-15-22(25-16-24-21)26-10-12-27(13-11-26)31(28,29)20-5-3-4-18(23)14-20/h3-9,14-16H,2,10-13H2,1H3. The van der Waals surface area contributed by atoms with Crippen LogP contribution in [0, 0.1) is 0 Å². The van der Waals surface area contributed by atoms with Crippen LogP contribution < -0.4 is 9.64 Å². The monoisotopic (exact) mass is 458 g/mol. The minimum atomic E-state index is -3.57. The Morgan fingerprint density at radius 3 is 2.42 bits per heavy atom. The van der Waals surface area contributed by atoms with Crippen LogP contribution in [-0.4, -0.2) is 55.5 Å². The van der Waals surface area contributed by atoms with Crippen LogP contribution in [0.3, 0.4) is 0 Å². The number of nitrogens with zero attached hydrogens (tertiary/aromatic N) is 4. The molecule has 0 aliphatic carbocycles.